The van der Waals surface area contributed by atoms with Crippen LogP contribution in [0.2, 0.25) is 0 Å². The molecule has 0 bridgehead atoms. The molecule has 0 unspecified atom stereocenters. The van der Waals surface area contributed by atoms with Crippen LogP contribution in [0, 0.1) is 6.92 Å². The average Bonchev–Trinajstić information content (AvgIpc) is 2.53. The van der Waals surface area contributed by atoms with Crippen LogP contribution in [0.15, 0.2) is 29.1 Å². The van der Waals surface area contributed by atoms with Gasteiger partial charge in [-0.25, -0.2) is 4.79 Å². The van der Waals surface area contributed by atoms with Crippen molar-refractivity contribution in [2.24, 2.45) is 0 Å². The molecule has 1 N–H and O–H groups in total. The molecule has 0 amide bonds. The van der Waals surface area contributed by atoms with E-state index in [-0.39, 0.29) is 5.69 Å². The van der Waals surface area contributed by atoms with Crippen LogP contribution in [0.3, 0.4) is 0 Å². The molecule has 0 aliphatic carbocycles. The number of nitrogens with one attached hydrogen (secondary N) is 1. The van der Waals surface area contributed by atoms with Gasteiger partial charge in [0.25, 0.3) is 0 Å². The first kappa shape index (κ1) is 8.19. The number of H-pyrrole nitrogens is 1. The molecule has 0 aliphatic rings. The van der Waals surface area contributed by atoms with Crippen LogP contribution in [0.25, 0.3) is 10.6 Å². The van der Waals surface area contributed by atoms with Gasteiger partial charge in [-0.3, -0.25) is 4.37 Å². The van der Waals surface area contributed by atoms with Crippen LogP contribution in [-0.4, -0.2) is 9.36 Å². The maximum atomic E-state index is 10.8. The first-order valence-electron chi connectivity index (χ1n) is 3.88. The van der Waals surface area contributed by atoms with Crippen molar-refractivity contribution in [2.75, 3.05) is 0 Å². The second kappa shape index (κ2) is 3.14. The minimum atomic E-state index is -0.277. The number of benzene rings is 1. The van der Waals surface area contributed by atoms with Crippen molar-refractivity contribution < 1.29 is 0 Å². The molecular formula is C9H8N2OS. The van der Waals surface area contributed by atoms with Gasteiger partial charge in [0.05, 0.1) is 0 Å². The molecule has 0 spiro atoms. The highest BCUT2D eigenvalue weighted by molar-refractivity contribution is 7.09. The molecule has 1 aromatic heterocycles. The Bertz CT molecular complexity index is 455. The van der Waals surface area contributed by atoms with Gasteiger partial charge in [-0.2, -0.15) is 4.98 Å². The highest BCUT2D eigenvalue weighted by Crippen LogP contribution is 2.18. The normalized spacial score (nSPS) is 10.2. The predicted octanol–water partition coefficient (Wildman–Crippen LogP) is 1.81. The summed E-state index contributed by atoms with van der Waals surface area (Å²) in [6.45, 7) is 2.02. The van der Waals surface area contributed by atoms with Gasteiger partial charge in [-0.05, 0) is 18.5 Å². The molecule has 0 fully saturated rings. The Morgan fingerprint density at radius 1 is 1.31 bits per heavy atom. The van der Waals surface area contributed by atoms with Gasteiger partial charge in [-0.1, -0.05) is 29.8 Å². The smallest absolute Gasteiger partial charge is 0.259 e. The van der Waals surface area contributed by atoms with Crippen molar-refractivity contribution in [3.8, 4) is 10.6 Å². The van der Waals surface area contributed by atoms with Gasteiger partial charge in [0.15, 0.2) is 0 Å². The lowest BCUT2D eigenvalue weighted by Gasteiger charge is -1.94. The zero-order valence-corrected chi connectivity index (χ0v) is 7.89. The topological polar surface area (TPSA) is 45.8 Å². The summed E-state index contributed by atoms with van der Waals surface area (Å²) in [4.78, 5) is 14.6. The minimum absolute atomic E-state index is 0.277. The first-order chi connectivity index (χ1) is 6.25. The molecule has 0 saturated heterocycles. The fourth-order valence-electron chi connectivity index (χ4n) is 1.05. The van der Waals surface area contributed by atoms with Crippen molar-refractivity contribution in [1.29, 1.82) is 0 Å². The van der Waals surface area contributed by atoms with E-state index in [2.05, 4.69) is 9.36 Å². The molecule has 13 heavy (non-hydrogen) atoms. The third kappa shape index (κ3) is 1.67. The lowest BCUT2D eigenvalue weighted by atomic mass is 10.2. The van der Waals surface area contributed by atoms with Crippen molar-refractivity contribution in [1.82, 2.24) is 9.36 Å². The van der Waals surface area contributed by atoms with Gasteiger partial charge in [-0.15, -0.1) is 0 Å². The Labute approximate surface area is 79.2 Å². The zero-order valence-electron chi connectivity index (χ0n) is 7.07. The van der Waals surface area contributed by atoms with E-state index in [4.69, 9.17) is 0 Å². The summed E-state index contributed by atoms with van der Waals surface area (Å²) in [6, 6.07) is 7.92. The highest BCUT2D eigenvalue weighted by Gasteiger charge is 2.01. The van der Waals surface area contributed by atoms with Crippen LogP contribution in [0.5, 0.6) is 0 Å². The molecular weight excluding hydrogens is 184 g/mol. The molecule has 66 valence electrons. The molecule has 1 aromatic carbocycles. The predicted molar refractivity (Wildman–Crippen MR) is 52.9 cm³/mol. The van der Waals surface area contributed by atoms with Crippen molar-refractivity contribution in [3.63, 3.8) is 0 Å². The monoisotopic (exact) mass is 192 g/mol. The molecule has 2 rings (SSSR count). The summed E-state index contributed by atoms with van der Waals surface area (Å²) < 4.78 is 2.56. The summed E-state index contributed by atoms with van der Waals surface area (Å²) >= 11 is 1.26. The molecule has 3 nitrogen and oxygen atoms in total. The second-order valence-corrected chi connectivity index (χ2v) is 3.59. The van der Waals surface area contributed by atoms with E-state index < -0.39 is 0 Å². The Morgan fingerprint density at radius 2 is 2.00 bits per heavy atom. The Kier molecular flexibility index (Phi) is 1.98. The Morgan fingerprint density at radius 3 is 2.54 bits per heavy atom. The number of hydrogen-bond acceptors (Lipinski definition) is 3. The number of rotatable bonds is 1. The van der Waals surface area contributed by atoms with Gasteiger partial charge in [0, 0.05) is 5.56 Å². The molecule has 4 heteroatoms. The third-order valence-corrected chi connectivity index (χ3v) is 2.53. The molecule has 2 aromatic rings. The van der Waals surface area contributed by atoms with E-state index in [9.17, 15) is 4.79 Å². The van der Waals surface area contributed by atoms with Crippen LogP contribution in [0.4, 0.5) is 0 Å². The van der Waals surface area contributed by atoms with Crippen molar-refractivity contribution in [2.45, 2.75) is 6.92 Å². The van der Waals surface area contributed by atoms with E-state index in [1.807, 2.05) is 31.2 Å². The van der Waals surface area contributed by atoms with Crippen LogP contribution in [0.1, 0.15) is 5.56 Å². The largest absolute Gasteiger partial charge is 0.355 e. The molecule has 0 atom stereocenters. The Balaban J connectivity index is 2.47. The Hall–Kier alpha value is -1.42. The summed E-state index contributed by atoms with van der Waals surface area (Å²) in [5.74, 6) is 0. The maximum Gasteiger partial charge on any atom is 0.355 e. The summed E-state index contributed by atoms with van der Waals surface area (Å²) in [5, 5.41) is 0.741. The first-order valence-corrected chi connectivity index (χ1v) is 4.70. The lowest BCUT2D eigenvalue weighted by Crippen LogP contribution is -1.99. The minimum Gasteiger partial charge on any atom is -0.259 e. The van der Waals surface area contributed by atoms with Crippen molar-refractivity contribution >= 4 is 11.5 Å². The number of hydrogen-bond donors (Lipinski definition) is 1. The maximum absolute atomic E-state index is 10.8. The van der Waals surface area contributed by atoms with Crippen LogP contribution < -0.4 is 5.69 Å². The number of aromatic nitrogens is 2. The van der Waals surface area contributed by atoms with E-state index in [0.717, 1.165) is 10.6 Å². The molecule has 1 heterocycles. The number of nitrogens with zero attached hydrogens (tertiary/aromatic N) is 1. The highest BCUT2D eigenvalue weighted by atomic mass is 32.1. The quantitative estimate of drug-likeness (QED) is 0.749. The van der Waals surface area contributed by atoms with Gasteiger partial charge in [0.2, 0.25) is 0 Å². The second-order valence-electron chi connectivity index (χ2n) is 2.79. The summed E-state index contributed by atoms with van der Waals surface area (Å²) in [5.41, 5.74) is 1.90. The molecule has 0 saturated carbocycles. The van der Waals surface area contributed by atoms with E-state index >= 15 is 0 Å². The van der Waals surface area contributed by atoms with Crippen LogP contribution in [-0.2, 0) is 0 Å². The van der Waals surface area contributed by atoms with E-state index in [1.54, 1.807) is 0 Å². The zero-order chi connectivity index (χ0) is 9.26. The van der Waals surface area contributed by atoms with Gasteiger partial charge >= 0.3 is 5.69 Å². The summed E-state index contributed by atoms with van der Waals surface area (Å²) in [7, 11) is 0. The van der Waals surface area contributed by atoms with Gasteiger partial charge in [0.1, 0.15) is 5.01 Å². The van der Waals surface area contributed by atoms with Crippen molar-refractivity contribution in [3.05, 3.63) is 40.3 Å². The fraction of sp³-hybridized carbons (Fsp3) is 0.111. The third-order valence-electron chi connectivity index (χ3n) is 1.74. The van der Waals surface area contributed by atoms with Crippen LogP contribution >= 0.6 is 11.5 Å². The summed E-state index contributed by atoms with van der Waals surface area (Å²) in [6.07, 6.45) is 0. The SMILES string of the molecule is Cc1ccc(-c2nc(=O)[nH]s2)cc1. The van der Waals surface area contributed by atoms with E-state index in [0.29, 0.717) is 0 Å². The lowest BCUT2D eigenvalue weighted by molar-refractivity contribution is 1.21. The number of aromatic amines is 1. The van der Waals surface area contributed by atoms with Gasteiger partial charge < -0.3 is 0 Å². The van der Waals surface area contributed by atoms with E-state index in [1.165, 1.54) is 17.1 Å². The standard InChI is InChI=1S/C9H8N2OS/c1-6-2-4-7(5-3-6)8-10-9(12)11-13-8/h2-5H,1H3,(H,11,12). The number of aryl methyl sites for hydroxylation is 1. The molecule has 0 radical (unpaired) electrons. The average molecular weight is 192 g/mol. The molecule has 0 aliphatic heterocycles. The fourth-order valence-corrected chi connectivity index (χ4v) is 1.66.